The molecule has 5 nitrogen and oxygen atoms in total. The molecule has 1 saturated heterocycles. The second-order valence-corrected chi connectivity index (χ2v) is 7.90. The van der Waals surface area contributed by atoms with E-state index < -0.39 is 23.6 Å². The number of rotatable bonds is 5. The molecule has 0 spiro atoms. The Labute approximate surface area is 169 Å². The second-order valence-electron chi connectivity index (χ2n) is 7.90. The number of halogens is 3. The van der Waals surface area contributed by atoms with Gasteiger partial charge in [0.2, 0.25) is 0 Å². The summed E-state index contributed by atoms with van der Waals surface area (Å²) < 4.78 is 50.6. The van der Waals surface area contributed by atoms with Crippen molar-refractivity contribution in [3.8, 4) is 17.6 Å². The Balaban J connectivity index is 2.09. The Morgan fingerprint density at radius 1 is 1.34 bits per heavy atom. The minimum atomic E-state index is -4.64. The highest BCUT2D eigenvalue weighted by molar-refractivity contribution is 5.69. The molecule has 1 aromatic heterocycles. The van der Waals surface area contributed by atoms with E-state index in [4.69, 9.17) is 9.47 Å². The van der Waals surface area contributed by atoms with Crippen LogP contribution in [0.2, 0.25) is 0 Å². The van der Waals surface area contributed by atoms with Crippen LogP contribution < -0.4 is 4.74 Å². The van der Waals surface area contributed by atoms with Crippen LogP contribution in [0.5, 0.6) is 5.75 Å². The van der Waals surface area contributed by atoms with Gasteiger partial charge in [-0.05, 0) is 39.7 Å². The van der Waals surface area contributed by atoms with Crippen LogP contribution >= 0.6 is 0 Å². The van der Waals surface area contributed by atoms with Crippen molar-refractivity contribution in [3.05, 3.63) is 23.5 Å². The molecule has 29 heavy (non-hydrogen) atoms. The monoisotopic (exact) mass is 412 g/mol. The number of hydrogen-bond acceptors (Lipinski definition) is 4. The lowest BCUT2D eigenvalue weighted by Gasteiger charge is -2.41. The number of carbonyl (C=O) groups is 1. The summed E-state index contributed by atoms with van der Waals surface area (Å²) in [5, 5.41) is 0. The molecule has 0 aromatic carbocycles. The van der Waals surface area contributed by atoms with Crippen LogP contribution in [0.3, 0.4) is 0 Å². The quantitative estimate of drug-likeness (QED) is 0.503. The van der Waals surface area contributed by atoms with E-state index in [0.29, 0.717) is 24.9 Å². The van der Waals surface area contributed by atoms with Crippen molar-refractivity contribution < 1.29 is 27.4 Å². The molecule has 1 amide bonds. The molecule has 160 valence electrons. The van der Waals surface area contributed by atoms with Crippen LogP contribution in [0.4, 0.5) is 18.0 Å². The summed E-state index contributed by atoms with van der Waals surface area (Å²) in [7, 11) is 0. The molecule has 0 radical (unpaired) electrons. The Kier molecular flexibility index (Phi) is 7.39. The van der Waals surface area contributed by atoms with E-state index in [1.54, 1.807) is 20.8 Å². The Bertz CT molecular complexity index is 776. The maximum Gasteiger partial charge on any atom is 0.437 e. The predicted molar refractivity (Wildman–Crippen MR) is 102 cm³/mol. The van der Waals surface area contributed by atoms with Crippen LogP contribution in [0.15, 0.2) is 12.3 Å². The van der Waals surface area contributed by atoms with Gasteiger partial charge in [0.05, 0.1) is 6.04 Å². The summed E-state index contributed by atoms with van der Waals surface area (Å²) in [6, 6.07) is 0.913. The van der Waals surface area contributed by atoms with Gasteiger partial charge >= 0.3 is 12.3 Å². The van der Waals surface area contributed by atoms with Crippen molar-refractivity contribution in [2.24, 2.45) is 0 Å². The highest BCUT2D eigenvalue weighted by atomic mass is 19.4. The maximum atomic E-state index is 13.3. The zero-order valence-corrected chi connectivity index (χ0v) is 17.2. The molecule has 0 N–H and O–H groups in total. The third-order valence-electron chi connectivity index (χ3n) is 4.21. The maximum absolute atomic E-state index is 13.3. The number of nitrogens with zero attached hydrogens (tertiary/aromatic N) is 2. The summed E-state index contributed by atoms with van der Waals surface area (Å²) in [5.74, 6) is 5.37. The second kappa shape index (κ2) is 9.38. The lowest BCUT2D eigenvalue weighted by Crippen LogP contribution is -2.55. The third-order valence-corrected chi connectivity index (χ3v) is 4.21. The first-order valence-electron chi connectivity index (χ1n) is 9.70. The molecular formula is C21H27F3N2O3. The van der Waals surface area contributed by atoms with Crippen molar-refractivity contribution in [2.45, 2.75) is 71.2 Å². The van der Waals surface area contributed by atoms with Gasteiger partial charge in [-0.1, -0.05) is 25.2 Å². The van der Waals surface area contributed by atoms with Gasteiger partial charge in [0.15, 0.2) is 11.4 Å². The molecule has 1 fully saturated rings. The molecular weight excluding hydrogens is 385 g/mol. The van der Waals surface area contributed by atoms with Crippen LogP contribution in [0.1, 0.15) is 64.6 Å². The zero-order valence-electron chi connectivity index (χ0n) is 17.2. The standard InChI is InChI=1S/C21H27F3N2O3/c1-5-6-7-8-9-15-12-17(18(25-13-15)21(22,23)24)28-14-16-10-11-26(16)19(27)29-20(2,3)4/h12-13,16H,5-7,10-11,14H2,1-4H3/t16-/m0/s1. The van der Waals surface area contributed by atoms with Crippen molar-refractivity contribution >= 4 is 6.09 Å². The van der Waals surface area contributed by atoms with Gasteiger partial charge in [0, 0.05) is 24.7 Å². The summed E-state index contributed by atoms with van der Waals surface area (Å²) in [4.78, 5) is 17.1. The third kappa shape index (κ3) is 6.84. The van der Waals surface area contributed by atoms with E-state index in [-0.39, 0.29) is 18.4 Å². The van der Waals surface area contributed by atoms with Gasteiger partial charge < -0.3 is 14.4 Å². The minimum Gasteiger partial charge on any atom is -0.489 e. The van der Waals surface area contributed by atoms with Gasteiger partial charge in [-0.15, -0.1) is 0 Å². The number of hydrogen-bond donors (Lipinski definition) is 0. The average molecular weight is 412 g/mol. The molecule has 2 rings (SSSR count). The molecule has 1 atom stereocenters. The van der Waals surface area contributed by atoms with E-state index in [0.717, 1.165) is 19.0 Å². The van der Waals surface area contributed by atoms with Crippen molar-refractivity contribution in [1.82, 2.24) is 9.88 Å². The smallest absolute Gasteiger partial charge is 0.437 e. The highest BCUT2D eigenvalue weighted by Gasteiger charge is 2.39. The number of alkyl halides is 3. The molecule has 0 aliphatic carbocycles. The molecule has 0 bridgehead atoms. The van der Waals surface area contributed by atoms with Crippen LogP contribution in [0, 0.1) is 11.8 Å². The van der Waals surface area contributed by atoms with E-state index in [1.165, 1.54) is 11.0 Å². The number of likely N-dealkylation sites (tertiary alicyclic amines) is 1. The van der Waals surface area contributed by atoms with E-state index in [2.05, 4.69) is 16.8 Å². The first-order valence-corrected chi connectivity index (χ1v) is 9.70. The molecule has 8 heteroatoms. The molecule has 1 aliphatic heterocycles. The number of aromatic nitrogens is 1. The molecule has 1 aromatic rings. The summed E-state index contributed by atoms with van der Waals surface area (Å²) in [6.07, 6.45) is -0.831. The van der Waals surface area contributed by atoms with Gasteiger partial charge in [-0.2, -0.15) is 13.2 Å². The molecule has 0 saturated carbocycles. The van der Waals surface area contributed by atoms with Crippen molar-refractivity contribution in [2.75, 3.05) is 13.2 Å². The Morgan fingerprint density at radius 3 is 2.62 bits per heavy atom. The lowest BCUT2D eigenvalue weighted by atomic mass is 10.1. The first kappa shape index (κ1) is 22.9. The van der Waals surface area contributed by atoms with E-state index in [1.807, 2.05) is 6.92 Å². The number of ether oxygens (including phenoxy) is 2. The summed E-state index contributed by atoms with van der Waals surface area (Å²) in [5.41, 5.74) is -1.38. The fourth-order valence-corrected chi connectivity index (χ4v) is 2.63. The van der Waals surface area contributed by atoms with Gasteiger partial charge in [0.1, 0.15) is 12.2 Å². The Hall–Kier alpha value is -2.43. The largest absolute Gasteiger partial charge is 0.489 e. The van der Waals surface area contributed by atoms with Gasteiger partial charge in [0.25, 0.3) is 0 Å². The normalized spacial score (nSPS) is 16.5. The SMILES string of the molecule is CCCCC#Cc1cnc(C(F)(F)F)c(OC[C@@H]2CCN2C(=O)OC(C)(C)C)c1. The van der Waals surface area contributed by atoms with Crippen molar-refractivity contribution in [3.63, 3.8) is 0 Å². The predicted octanol–water partition coefficient (Wildman–Crippen LogP) is 5.03. The highest BCUT2D eigenvalue weighted by Crippen LogP contribution is 2.35. The first-order chi connectivity index (χ1) is 13.5. The van der Waals surface area contributed by atoms with E-state index >= 15 is 0 Å². The van der Waals surface area contributed by atoms with E-state index in [9.17, 15) is 18.0 Å². The summed E-state index contributed by atoms with van der Waals surface area (Å²) in [6.45, 7) is 7.71. The molecule has 0 unspecified atom stereocenters. The van der Waals surface area contributed by atoms with Crippen LogP contribution in [0.25, 0.3) is 0 Å². The number of amides is 1. The Morgan fingerprint density at radius 2 is 2.07 bits per heavy atom. The number of pyridine rings is 1. The van der Waals surface area contributed by atoms with Crippen LogP contribution in [-0.4, -0.2) is 40.8 Å². The fraction of sp³-hybridized carbons (Fsp3) is 0.619. The van der Waals surface area contributed by atoms with Gasteiger partial charge in [-0.3, -0.25) is 0 Å². The molecule has 1 aliphatic rings. The summed E-state index contributed by atoms with van der Waals surface area (Å²) >= 11 is 0. The number of carbonyl (C=O) groups excluding carboxylic acids is 1. The lowest BCUT2D eigenvalue weighted by molar-refractivity contribution is -0.142. The number of unbranched alkanes of at least 4 members (excludes halogenated alkanes) is 2. The van der Waals surface area contributed by atoms with Crippen molar-refractivity contribution in [1.29, 1.82) is 0 Å². The van der Waals surface area contributed by atoms with Crippen LogP contribution in [-0.2, 0) is 10.9 Å². The topological polar surface area (TPSA) is 51.7 Å². The molecule has 2 heterocycles. The average Bonchev–Trinajstić information content (AvgIpc) is 2.55. The zero-order chi connectivity index (χ0) is 21.7. The van der Waals surface area contributed by atoms with Gasteiger partial charge in [-0.25, -0.2) is 9.78 Å². The fourth-order valence-electron chi connectivity index (χ4n) is 2.63. The minimum absolute atomic E-state index is 0.0727.